The third-order valence-electron chi connectivity index (χ3n) is 4.99. The van der Waals surface area contributed by atoms with Crippen LogP contribution in [0.3, 0.4) is 0 Å². The number of hydrogen-bond acceptors (Lipinski definition) is 4. The van der Waals surface area contributed by atoms with Gasteiger partial charge in [-0.2, -0.15) is 10.4 Å². The molecule has 1 aromatic heterocycles. The first-order valence-electron chi connectivity index (χ1n) is 8.55. The van der Waals surface area contributed by atoms with Crippen LogP contribution in [-0.2, 0) is 11.8 Å². The van der Waals surface area contributed by atoms with E-state index in [1.807, 2.05) is 11.7 Å². The number of aryl methyl sites for hydroxylation is 2. The predicted octanol–water partition coefficient (Wildman–Crippen LogP) is 3.03. The van der Waals surface area contributed by atoms with Gasteiger partial charge in [0.25, 0.3) is 0 Å². The lowest BCUT2D eigenvalue weighted by molar-refractivity contribution is 0.0887. The van der Waals surface area contributed by atoms with Gasteiger partial charge in [0.05, 0.1) is 17.9 Å². The molecule has 5 heteroatoms. The zero-order valence-corrected chi connectivity index (χ0v) is 15.1. The molecule has 0 spiro atoms. The maximum atomic E-state index is 8.75. The zero-order chi connectivity index (χ0) is 17.0. The molecule has 0 aromatic carbocycles. The largest absolute Gasteiger partial charge is 0.373 e. The van der Waals surface area contributed by atoms with Crippen LogP contribution in [0.4, 0.5) is 0 Å². The van der Waals surface area contributed by atoms with Crippen LogP contribution < -0.4 is 5.32 Å². The summed E-state index contributed by atoms with van der Waals surface area (Å²) in [6.07, 6.45) is 2.79. The van der Waals surface area contributed by atoms with E-state index >= 15 is 0 Å². The van der Waals surface area contributed by atoms with Crippen molar-refractivity contribution in [1.29, 1.82) is 5.26 Å². The molecule has 2 atom stereocenters. The molecule has 1 aliphatic rings. The van der Waals surface area contributed by atoms with Crippen LogP contribution in [-0.4, -0.2) is 29.5 Å². The maximum Gasteiger partial charge on any atom is 0.0901 e. The van der Waals surface area contributed by atoms with Crippen LogP contribution in [0.2, 0.25) is 0 Å². The predicted molar refractivity (Wildman–Crippen MR) is 91.0 cm³/mol. The van der Waals surface area contributed by atoms with Crippen LogP contribution in [0.15, 0.2) is 0 Å². The molecule has 0 radical (unpaired) electrons. The summed E-state index contributed by atoms with van der Waals surface area (Å²) in [4.78, 5) is 0. The average molecular weight is 318 g/mol. The quantitative estimate of drug-likeness (QED) is 0.839. The average Bonchev–Trinajstić information content (AvgIpc) is 3.02. The summed E-state index contributed by atoms with van der Waals surface area (Å²) in [6, 6.07) is 2.24. The first-order chi connectivity index (χ1) is 10.9. The Morgan fingerprint density at radius 1 is 1.43 bits per heavy atom. The minimum Gasteiger partial charge on any atom is -0.373 e. The smallest absolute Gasteiger partial charge is 0.0901 e. The fourth-order valence-corrected chi connectivity index (χ4v) is 3.44. The number of nitrogens with zero attached hydrogens (tertiary/aromatic N) is 3. The third kappa shape index (κ3) is 4.33. The van der Waals surface area contributed by atoms with Gasteiger partial charge >= 0.3 is 0 Å². The minimum absolute atomic E-state index is 0.151. The second-order valence-corrected chi connectivity index (χ2v) is 7.50. The molecule has 128 valence electrons. The SMILES string of the molecule is Cc1nn(C)c(C)c1[C@H]1OCC[C@H]1CNCC(C)(C)CCC#N. The standard InChI is InChI=1S/C18H30N4O/c1-13-16(14(2)22(5)21-13)17-15(7-10-23-17)11-20-12-18(3,4)8-6-9-19/h15,17,20H,6-8,10-12H2,1-5H3/t15-,17-/m0/s1. The van der Waals surface area contributed by atoms with Crippen LogP contribution in [0.25, 0.3) is 0 Å². The van der Waals surface area contributed by atoms with E-state index in [4.69, 9.17) is 10.00 Å². The Balaban J connectivity index is 1.94. The first kappa shape index (κ1) is 18.0. The molecular weight excluding hydrogens is 288 g/mol. The lowest BCUT2D eigenvalue weighted by Gasteiger charge is -2.26. The molecule has 0 amide bonds. The van der Waals surface area contributed by atoms with Crippen molar-refractivity contribution in [3.8, 4) is 6.07 Å². The Morgan fingerprint density at radius 3 is 2.78 bits per heavy atom. The van der Waals surface area contributed by atoms with Gasteiger partial charge in [0, 0.05) is 50.3 Å². The molecule has 0 saturated carbocycles. The van der Waals surface area contributed by atoms with Crippen molar-refractivity contribution in [2.24, 2.45) is 18.4 Å². The molecule has 5 nitrogen and oxygen atoms in total. The number of ether oxygens (including phenoxy) is 1. The van der Waals surface area contributed by atoms with Crippen LogP contribution >= 0.6 is 0 Å². The molecule has 1 fully saturated rings. The van der Waals surface area contributed by atoms with E-state index < -0.39 is 0 Å². The molecule has 1 N–H and O–H groups in total. The lowest BCUT2D eigenvalue weighted by atomic mass is 9.87. The fourth-order valence-electron chi connectivity index (χ4n) is 3.44. The van der Waals surface area contributed by atoms with Crippen molar-refractivity contribution < 1.29 is 4.74 Å². The van der Waals surface area contributed by atoms with E-state index in [1.54, 1.807) is 0 Å². The van der Waals surface area contributed by atoms with Crippen molar-refractivity contribution in [1.82, 2.24) is 15.1 Å². The molecule has 1 aliphatic heterocycles. The summed E-state index contributed by atoms with van der Waals surface area (Å²) < 4.78 is 7.98. The van der Waals surface area contributed by atoms with Gasteiger partial charge in [0.15, 0.2) is 0 Å². The Bertz CT molecular complexity index is 570. The van der Waals surface area contributed by atoms with Crippen LogP contribution in [0.1, 0.15) is 56.2 Å². The van der Waals surface area contributed by atoms with Gasteiger partial charge in [0.1, 0.15) is 0 Å². The summed E-state index contributed by atoms with van der Waals surface area (Å²) in [6.45, 7) is 11.3. The van der Waals surface area contributed by atoms with Gasteiger partial charge in [-0.15, -0.1) is 0 Å². The summed E-state index contributed by atoms with van der Waals surface area (Å²) >= 11 is 0. The van der Waals surface area contributed by atoms with E-state index in [9.17, 15) is 0 Å². The fraction of sp³-hybridized carbons (Fsp3) is 0.778. The van der Waals surface area contributed by atoms with E-state index in [0.717, 1.165) is 38.2 Å². The maximum absolute atomic E-state index is 8.75. The molecule has 0 bridgehead atoms. The highest BCUT2D eigenvalue weighted by Gasteiger charge is 2.33. The first-order valence-corrected chi connectivity index (χ1v) is 8.55. The minimum atomic E-state index is 0.151. The van der Waals surface area contributed by atoms with Crippen molar-refractivity contribution in [2.75, 3.05) is 19.7 Å². The Hall–Kier alpha value is -1.38. The summed E-state index contributed by atoms with van der Waals surface area (Å²) in [7, 11) is 1.99. The Kier molecular flexibility index (Phi) is 5.83. The second-order valence-electron chi connectivity index (χ2n) is 7.50. The molecular formula is C18H30N4O. The van der Waals surface area contributed by atoms with Crippen LogP contribution in [0.5, 0.6) is 0 Å². The van der Waals surface area contributed by atoms with E-state index in [0.29, 0.717) is 12.3 Å². The molecule has 23 heavy (non-hydrogen) atoms. The van der Waals surface area contributed by atoms with Crippen LogP contribution in [0, 0.1) is 36.5 Å². The van der Waals surface area contributed by atoms with Gasteiger partial charge in [-0.3, -0.25) is 4.68 Å². The van der Waals surface area contributed by atoms with Crippen molar-refractivity contribution in [2.45, 2.75) is 53.1 Å². The molecule has 2 rings (SSSR count). The number of rotatable bonds is 7. The summed E-state index contributed by atoms with van der Waals surface area (Å²) in [5.74, 6) is 0.489. The van der Waals surface area contributed by atoms with E-state index in [-0.39, 0.29) is 11.5 Å². The highest BCUT2D eigenvalue weighted by Crippen LogP contribution is 2.37. The Labute approximate surface area is 140 Å². The number of hydrogen-bond donors (Lipinski definition) is 1. The lowest BCUT2D eigenvalue weighted by Crippen LogP contribution is -2.33. The molecule has 2 heterocycles. The highest BCUT2D eigenvalue weighted by atomic mass is 16.5. The van der Waals surface area contributed by atoms with Gasteiger partial charge < -0.3 is 10.1 Å². The van der Waals surface area contributed by atoms with Gasteiger partial charge in [-0.25, -0.2) is 0 Å². The van der Waals surface area contributed by atoms with Crippen molar-refractivity contribution in [3.63, 3.8) is 0 Å². The van der Waals surface area contributed by atoms with E-state index in [1.165, 1.54) is 11.3 Å². The van der Waals surface area contributed by atoms with Gasteiger partial charge in [-0.05, 0) is 32.1 Å². The van der Waals surface area contributed by atoms with Crippen molar-refractivity contribution in [3.05, 3.63) is 17.0 Å². The second kappa shape index (κ2) is 7.46. The highest BCUT2D eigenvalue weighted by molar-refractivity contribution is 5.28. The summed E-state index contributed by atoms with van der Waals surface area (Å²) in [5, 5.41) is 16.9. The van der Waals surface area contributed by atoms with E-state index in [2.05, 4.69) is 44.2 Å². The Morgan fingerprint density at radius 2 is 2.17 bits per heavy atom. The number of nitrogens with one attached hydrogen (secondary N) is 1. The number of nitriles is 1. The van der Waals surface area contributed by atoms with Gasteiger partial charge in [0.2, 0.25) is 0 Å². The molecule has 1 aromatic rings. The molecule has 0 unspecified atom stereocenters. The molecule has 1 saturated heterocycles. The zero-order valence-electron chi connectivity index (χ0n) is 15.1. The third-order valence-corrected chi connectivity index (χ3v) is 4.99. The monoisotopic (exact) mass is 318 g/mol. The summed E-state index contributed by atoms with van der Waals surface area (Å²) in [5.41, 5.74) is 3.70. The number of aromatic nitrogens is 2. The topological polar surface area (TPSA) is 62.9 Å². The molecule has 0 aliphatic carbocycles. The normalized spacial score (nSPS) is 21.6. The van der Waals surface area contributed by atoms with Crippen molar-refractivity contribution >= 4 is 0 Å². The van der Waals surface area contributed by atoms with Gasteiger partial charge in [-0.1, -0.05) is 13.8 Å².